The molecule has 2 N–H and O–H groups in total. The van der Waals surface area contributed by atoms with Crippen molar-refractivity contribution in [3.63, 3.8) is 0 Å². The standard InChI is InChI=1S/C10H21NO5S/c1-4-10(5-2,8-12)7-11-17(14,15)6-9(13)16-3/h11-12H,4-8H2,1-3H3. The second-order valence-electron chi connectivity index (χ2n) is 4.02. The van der Waals surface area contributed by atoms with Gasteiger partial charge < -0.3 is 9.84 Å². The lowest BCUT2D eigenvalue weighted by Gasteiger charge is -2.29. The van der Waals surface area contributed by atoms with Crippen LogP contribution in [0.3, 0.4) is 0 Å². The van der Waals surface area contributed by atoms with Gasteiger partial charge in [-0.15, -0.1) is 0 Å². The van der Waals surface area contributed by atoms with E-state index in [1.165, 1.54) is 0 Å². The lowest BCUT2D eigenvalue weighted by Crippen LogP contribution is -2.41. The van der Waals surface area contributed by atoms with Gasteiger partial charge >= 0.3 is 5.97 Å². The summed E-state index contributed by atoms with van der Waals surface area (Å²) in [4.78, 5) is 10.9. The number of nitrogens with one attached hydrogen (secondary N) is 1. The van der Waals surface area contributed by atoms with E-state index in [-0.39, 0.29) is 13.2 Å². The van der Waals surface area contributed by atoms with Crippen molar-refractivity contribution in [2.45, 2.75) is 26.7 Å². The minimum Gasteiger partial charge on any atom is -0.468 e. The monoisotopic (exact) mass is 267 g/mol. The smallest absolute Gasteiger partial charge is 0.322 e. The third-order valence-electron chi connectivity index (χ3n) is 3.04. The number of rotatable bonds is 8. The maximum absolute atomic E-state index is 11.5. The van der Waals surface area contributed by atoms with Crippen LogP contribution in [0.1, 0.15) is 26.7 Å². The van der Waals surface area contributed by atoms with Crippen molar-refractivity contribution in [2.24, 2.45) is 5.41 Å². The van der Waals surface area contributed by atoms with Crippen LogP contribution < -0.4 is 4.72 Å². The molecule has 0 fully saturated rings. The van der Waals surface area contributed by atoms with Crippen LogP contribution in [0.5, 0.6) is 0 Å². The topological polar surface area (TPSA) is 92.7 Å². The number of aliphatic hydroxyl groups excluding tert-OH is 1. The SMILES string of the molecule is CCC(CC)(CO)CNS(=O)(=O)CC(=O)OC. The molecule has 0 amide bonds. The molecule has 0 saturated carbocycles. The van der Waals surface area contributed by atoms with Crippen LogP contribution in [0.15, 0.2) is 0 Å². The highest BCUT2D eigenvalue weighted by molar-refractivity contribution is 7.90. The summed E-state index contributed by atoms with van der Waals surface area (Å²) in [6.45, 7) is 3.79. The number of methoxy groups -OCH3 is 1. The lowest BCUT2D eigenvalue weighted by atomic mass is 9.84. The van der Waals surface area contributed by atoms with Crippen molar-refractivity contribution in [1.82, 2.24) is 4.72 Å². The van der Waals surface area contributed by atoms with Crippen molar-refractivity contribution < 1.29 is 23.1 Å². The van der Waals surface area contributed by atoms with E-state index in [4.69, 9.17) is 0 Å². The molecule has 0 rings (SSSR count). The zero-order valence-electron chi connectivity index (χ0n) is 10.5. The van der Waals surface area contributed by atoms with Crippen molar-refractivity contribution in [1.29, 1.82) is 0 Å². The van der Waals surface area contributed by atoms with Crippen LogP contribution in [0.2, 0.25) is 0 Å². The molecule has 0 heterocycles. The molecule has 0 atom stereocenters. The van der Waals surface area contributed by atoms with Crippen LogP contribution in [0.4, 0.5) is 0 Å². The summed E-state index contributed by atoms with van der Waals surface area (Å²) in [7, 11) is -2.56. The fourth-order valence-electron chi connectivity index (χ4n) is 1.31. The van der Waals surface area contributed by atoms with Gasteiger partial charge in [0.1, 0.15) is 0 Å². The summed E-state index contributed by atoms with van der Waals surface area (Å²) >= 11 is 0. The quantitative estimate of drug-likeness (QED) is 0.598. The van der Waals surface area contributed by atoms with Gasteiger partial charge in [0.05, 0.1) is 7.11 Å². The molecular formula is C10H21NO5S. The van der Waals surface area contributed by atoms with E-state index >= 15 is 0 Å². The number of sulfonamides is 1. The second-order valence-corrected chi connectivity index (χ2v) is 5.83. The molecule has 0 aromatic heterocycles. The molecular weight excluding hydrogens is 246 g/mol. The molecule has 17 heavy (non-hydrogen) atoms. The van der Waals surface area contributed by atoms with Gasteiger partial charge in [-0.2, -0.15) is 0 Å². The highest BCUT2D eigenvalue weighted by Gasteiger charge is 2.28. The van der Waals surface area contributed by atoms with E-state index in [0.717, 1.165) is 7.11 Å². The minimum atomic E-state index is -3.69. The van der Waals surface area contributed by atoms with E-state index in [1.54, 1.807) is 0 Å². The number of hydrogen-bond acceptors (Lipinski definition) is 5. The lowest BCUT2D eigenvalue weighted by molar-refractivity contribution is -0.137. The first-order chi connectivity index (χ1) is 7.84. The molecule has 0 aromatic carbocycles. The Kier molecular flexibility index (Phi) is 6.66. The Labute approximate surface area is 102 Å². The van der Waals surface area contributed by atoms with Crippen LogP contribution in [0.25, 0.3) is 0 Å². The number of carbonyl (C=O) groups excluding carboxylic acids is 1. The van der Waals surface area contributed by atoms with Crippen molar-refractivity contribution in [2.75, 3.05) is 26.0 Å². The summed E-state index contributed by atoms with van der Waals surface area (Å²) in [5.41, 5.74) is -0.469. The van der Waals surface area contributed by atoms with E-state index in [9.17, 15) is 18.3 Å². The van der Waals surface area contributed by atoms with Gasteiger partial charge in [0.25, 0.3) is 0 Å². The highest BCUT2D eigenvalue weighted by atomic mass is 32.2. The average molecular weight is 267 g/mol. The fourth-order valence-corrected chi connectivity index (χ4v) is 2.36. The summed E-state index contributed by atoms with van der Waals surface area (Å²) < 4.78 is 29.6. The van der Waals surface area contributed by atoms with Gasteiger partial charge in [-0.3, -0.25) is 4.79 Å². The van der Waals surface area contributed by atoms with Crippen molar-refractivity contribution in [3.05, 3.63) is 0 Å². The Morgan fingerprint density at radius 1 is 1.35 bits per heavy atom. The van der Waals surface area contributed by atoms with Gasteiger partial charge in [0.15, 0.2) is 5.75 Å². The van der Waals surface area contributed by atoms with E-state index in [2.05, 4.69) is 9.46 Å². The van der Waals surface area contributed by atoms with Crippen LogP contribution in [-0.2, 0) is 19.6 Å². The zero-order valence-corrected chi connectivity index (χ0v) is 11.3. The second kappa shape index (κ2) is 6.93. The summed E-state index contributed by atoms with van der Waals surface area (Å²) in [5, 5.41) is 9.27. The third kappa shape index (κ3) is 5.47. The summed E-state index contributed by atoms with van der Waals surface area (Å²) in [6, 6.07) is 0. The van der Waals surface area contributed by atoms with Crippen LogP contribution in [-0.4, -0.2) is 45.5 Å². The molecule has 6 nitrogen and oxygen atoms in total. The molecule has 0 aliphatic rings. The predicted molar refractivity (Wildman–Crippen MR) is 63.9 cm³/mol. The maximum atomic E-state index is 11.5. The van der Waals surface area contributed by atoms with Gasteiger partial charge in [0.2, 0.25) is 10.0 Å². The number of carbonyl (C=O) groups is 1. The maximum Gasteiger partial charge on any atom is 0.322 e. The first-order valence-corrected chi connectivity index (χ1v) is 7.15. The van der Waals surface area contributed by atoms with Gasteiger partial charge in [0, 0.05) is 18.6 Å². The molecule has 0 aromatic rings. The number of aliphatic hydroxyl groups is 1. The molecule has 0 aliphatic heterocycles. The summed E-state index contributed by atoms with van der Waals surface area (Å²) in [6.07, 6.45) is 1.31. The Bertz CT molecular complexity index is 326. The normalized spacial score (nSPS) is 12.5. The Morgan fingerprint density at radius 3 is 2.24 bits per heavy atom. The minimum absolute atomic E-state index is 0.0965. The molecule has 0 saturated heterocycles. The zero-order chi connectivity index (χ0) is 13.5. The Morgan fingerprint density at radius 2 is 1.88 bits per heavy atom. The van der Waals surface area contributed by atoms with Gasteiger partial charge in [-0.05, 0) is 12.8 Å². The first-order valence-electron chi connectivity index (χ1n) is 5.49. The molecule has 0 bridgehead atoms. The number of esters is 1. The molecule has 7 heteroatoms. The Balaban J connectivity index is 4.49. The van der Waals surface area contributed by atoms with E-state index in [1.807, 2.05) is 13.8 Å². The first kappa shape index (κ1) is 16.3. The fraction of sp³-hybridized carbons (Fsp3) is 0.900. The highest BCUT2D eigenvalue weighted by Crippen LogP contribution is 2.24. The van der Waals surface area contributed by atoms with Crippen LogP contribution >= 0.6 is 0 Å². The molecule has 102 valence electrons. The van der Waals surface area contributed by atoms with Crippen molar-refractivity contribution >= 4 is 16.0 Å². The largest absolute Gasteiger partial charge is 0.468 e. The van der Waals surface area contributed by atoms with Gasteiger partial charge in [-0.25, -0.2) is 13.1 Å². The molecule has 0 spiro atoms. The van der Waals surface area contributed by atoms with Crippen molar-refractivity contribution in [3.8, 4) is 0 Å². The molecule has 0 radical (unpaired) electrons. The Hall–Kier alpha value is -0.660. The number of ether oxygens (including phenoxy) is 1. The van der Waals surface area contributed by atoms with E-state index < -0.39 is 27.2 Å². The van der Waals surface area contributed by atoms with Gasteiger partial charge in [-0.1, -0.05) is 13.8 Å². The third-order valence-corrected chi connectivity index (χ3v) is 4.24. The summed E-state index contributed by atoms with van der Waals surface area (Å²) in [5.74, 6) is -1.50. The molecule has 0 aliphatic carbocycles. The average Bonchev–Trinajstić information content (AvgIpc) is 2.31. The molecule has 0 unspecified atom stereocenters. The van der Waals surface area contributed by atoms with E-state index in [0.29, 0.717) is 12.8 Å². The van der Waals surface area contributed by atoms with Crippen LogP contribution in [0, 0.1) is 5.41 Å². The number of hydrogen-bond donors (Lipinski definition) is 2. The predicted octanol–water partition coefficient (Wildman–Crippen LogP) is -0.122.